The van der Waals surface area contributed by atoms with Crippen molar-refractivity contribution in [3.63, 3.8) is 0 Å². The lowest BCUT2D eigenvalue weighted by Gasteiger charge is -2.11. The van der Waals surface area contributed by atoms with E-state index in [-0.39, 0.29) is 17.4 Å². The normalized spacial score (nSPS) is 11.9. The van der Waals surface area contributed by atoms with E-state index in [1.165, 1.54) is 16.8 Å². The summed E-state index contributed by atoms with van der Waals surface area (Å²) in [4.78, 5) is 11.2. The summed E-state index contributed by atoms with van der Waals surface area (Å²) in [5.41, 5.74) is -0.583. The van der Waals surface area contributed by atoms with Gasteiger partial charge in [0.15, 0.2) is 5.69 Å². The van der Waals surface area contributed by atoms with E-state index < -0.39 is 17.7 Å². The quantitative estimate of drug-likeness (QED) is 0.944. The second-order valence-corrected chi connectivity index (χ2v) is 4.71. The molecule has 5 nitrogen and oxygen atoms in total. The number of hydrogen-bond donors (Lipinski definition) is 1. The summed E-state index contributed by atoms with van der Waals surface area (Å²) in [6.45, 7) is 3.54. The van der Waals surface area contributed by atoms with Gasteiger partial charge in [0, 0.05) is 11.6 Å². The molecule has 0 aliphatic rings. The van der Waals surface area contributed by atoms with Gasteiger partial charge in [0.25, 0.3) is 0 Å². The van der Waals surface area contributed by atoms with Crippen LogP contribution in [0.25, 0.3) is 11.3 Å². The monoisotopic (exact) mass is 299 g/mol. The minimum atomic E-state index is -4.44. The number of alkyl halides is 3. The molecule has 0 unspecified atom stereocenters. The van der Waals surface area contributed by atoms with Crippen molar-refractivity contribution in [3.05, 3.63) is 35.5 Å². The summed E-state index contributed by atoms with van der Waals surface area (Å²) in [5.74, 6) is -1.28. The van der Waals surface area contributed by atoms with Crippen LogP contribution >= 0.6 is 0 Å². The molecule has 0 aliphatic heterocycles. The van der Waals surface area contributed by atoms with Gasteiger partial charge >= 0.3 is 12.1 Å². The molecule has 0 radical (unpaired) electrons. The number of benzene rings is 1. The number of aromatic carboxylic acids is 1. The zero-order chi connectivity index (χ0) is 15.8. The summed E-state index contributed by atoms with van der Waals surface area (Å²) in [7, 11) is 0. The molecule has 1 N–H and O–H groups in total. The van der Waals surface area contributed by atoms with E-state index in [9.17, 15) is 18.0 Å². The van der Waals surface area contributed by atoms with Crippen LogP contribution in [-0.4, -0.2) is 26.1 Å². The number of carboxylic acids is 1. The average molecular weight is 299 g/mol. The van der Waals surface area contributed by atoms with Gasteiger partial charge in [0.05, 0.1) is 5.56 Å². The fourth-order valence-electron chi connectivity index (χ4n) is 1.89. The molecule has 0 saturated carbocycles. The van der Waals surface area contributed by atoms with Gasteiger partial charge in [0.2, 0.25) is 0 Å². The van der Waals surface area contributed by atoms with Crippen LogP contribution in [0.5, 0.6) is 0 Å². The van der Waals surface area contributed by atoms with Crippen LogP contribution in [0.3, 0.4) is 0 Å². The largest absolute Gasteiger partial charge is 0.476 e. The Hall–Kier alpha value is -2.38. The Morgan fingerprint density at radius 2 is 1.81 bits per heavy atom. The van der Waals surface area contributed by atoms with Crippen LogP contribution < -0.4 is 0 Å². The van der Waals surface area contributed by atoms with Gasteiger partial charge in [-0.15, -0.1) is 5.10 Å². The first-order chi connectivity index (χ1) is 9.71. The first-order valence-electron chi connectivity index (χ1n) is 6.08. The molecule has 0 amide bonds. The van der Waals surface area contributed by atoms with E-state index in [1.807, 2.05) is 0 Å². The summed E-state index contributed by atoms with van der Waals surface area (Å²) < 4.78 is 39.0. The van der Waals surface area contributed by atoms with Crippen molar-refractivity contribution in [1.29, 1.82) is 0 Å². The molecule has 0 spiro atoms. The highest BCUT2D eigenvalue weighted by Crippen LogP contribution is 2.32. The molecule has 0 bridgehead atoms. The van der Waals surface area contributed by atoms with Crippen molar-refractivity contribution in [2.75, 3.05) is 0 Å². The lowest BCUT2D eigenvalue weighted by Crippen LogP contribution is -2.08. The first-order valence-corrected chi connectivity index (χ1v) is 6.08. The maximum atomic E-state index is 12.6. The lowest BCUT2D eigenvalue weighted by atomic mass is 10.1. The Labute approximate surface area is 118 Å². The van der Waals surface area contributed by atoms with Gasteiger partial charge in [0.1, 0.15) is 5.69 Å². The Kier molecular flexibility index (Phi) is 3.71. The second kappa shape index (κ2) is 5.19. The summed E-state index contributed by atoms with van der Waals surface area (Å²) in [6, 6.07) is 4.06. The number of halogens is 3. The molecule has 1 aromatic carbocycles. The molecule has 112 valence electrons. The molecule has 1 heterocycles. The smallest absolute Gasteiger partial charge is 0.416 e. The van der Waals surface area contributed by atoms with Gasteiger partial charge < -0.3 is 5.11 Å². The van der Waals surface area contributed by atoms with E-state index >= 15 is 0 Å². The molecule has 0 aliphatic carbocycles. The van der Waals surface area contributed by atoms with Gasteiger partial charge in [-0.2, -0.15) is 13.2 Å². The zero-order valence-corrected chi connectivity index (χ0v) is 11.2. The number of nitrogens with zero attached hydrogens (tertiary/aromatic N) is 3. The number of carboxylic acid groups (broad SMARTS) is 1. The molecule has 0 saturated heterocycles. The Morgan fingerprint density at radius 1 is 1.24 bits per heavy atom. The van der Waals surface area contributed by atoms with Crippen molar-refractivity contribution in [3.8, 4) is 11.3 Å². The number of hydrogen-bond acceptors (Lipinski definition) is 3. The maximum absolute atomic E-state index is 12.6. The van der Waals surface area contributed by atoms with Crippen molar-refractivity contribution < 1.29 is 23.1 Å². The van der Waals surface area contributed by atoms with Crippen molar-refractivity contribution >= 4 is 5.97 Å². The fourth-order valence-corrected chi connectivity index (χ4v) is 1.89. The molecule has 8 heteroatoms. The van der Waals surface area contributed by atoms with Gasteiger partial charge in [-0.25, -0.2) is 9.48 Å². The van der Waals surface area contributed by atoms with Crippen LogP contribution in [0.2, 0.25) is 0 Å². The van der Waals surface area contributed by atoms with Crippen LogP contribution in [0.15, 0.2) is 24.3 Å². The molecule has 2 rings (SSSR count). The van der Waals surface area contributed by atoms with Crippen molar-refractivity contribution in [1.82, 2.24) is 15.0 Å². The first kappa shape index (κ1) is 15.0. The van der Waals surface area contributed by atoms with E-state index in [2.05, 4.69) is 10.3 Å². The van der Waals surface area contributed by atoms with Crippen LogP contribution in [0, 0.1) is 0 Å². The molecule has 0 fully saturated rings. The third-order valence-corrected chi connectivity index (χ3v) is 2.87. The number of carbonyl (C=O) groups is 1. The molecular weight excluding hydrogens is 287 g/mol. The third kappa shape index (κ3) is 2.88. The van der Waals surface area contributed by atoms with Gasteiger partial charge in [-0.1, -0.05) is 17.3 Å². The van der Waals surface area contributed by atoms with Crippen LogP contribution in [0.1, 0.15) is 35.9 Å². The highest BCUT2D eigenvalue weighted by Gasteiger charge is 2.30. The zero-order valence-electron chi connectivity index (χ0n) is 11.2. The summed E-state index contributed by atoms with van der Waals surface area (Å²) >= 11 is 0. The molecule has 1 aromatic heterocycles. The van der Waals surface area contributed by atoms with Crippen LogP contribution in [0.4, 0.5) is 13.2 Å². The SMILES string of the molecule is CC(C)n1nnc(C(=O)O)c1-c1ccc(C(F)(F)F)cc1. The molecular formula is C13H12F3N3O2. The standard InChI is InChI=1S/C13H12F3N3O2/c1-7(2)19-11(10(12(20)21)17-18-19)8-3-5-9(6-4-8)13(14,15)16/h3-7H,1-2H3,(H,20,21). The van der Waals surface area contributed by atoms with Crippen LogP contribution in [-0.2, 0) is 6.18 Å². The average Bonchev–Trinajstić information content (AvgIpc) is 2.82. The highest BCUT2D eigenvalue weighted by molar-refractivity contribution is 5.92. The molecule has 0 atom stereocenters. The van der Waals surface area contributed by atoms with E-state index in [1.54, 1.807) is 13.8 Å². The second-order valence-electron chi connectivity index (χ2n) is 4.71. The Morgan fingerprint density at radius 3 is 2.24 bits per heavy atom. The Balaban J connectivity index is 2.55. The van der Waals surface area contributed by atoms with Gasteiger partial charge in [-0.3, -0.25) is 0 Å². The third-order valence-electron chi connectivity index (χ3n) is 2.87. The molecule has 2 aromatic rings. The van der Waals surface area contributed by atoms with E-state index in [0.29, 0.717) is 5.56 Å². The fraction of sp³-hybridized carbons (Fsp3) is 0.308. The van der Waals surface area contributed by atoms with Gasteiger partial charge in [-0.05, 0) is 26.0 Å². The van der Waals surface area contributed by atoms with Crippen molar-refractivity contribution in [2.24, 2.45) is 0 Å². The molecule has 21 heavy (non-hydrogen) atoms. The predicted octanol–water partition coefficient (Wildman–Crippen LogP) is 3.24. The highest BCUT2D eigenvalue weighted by atomic mass is 19.4. The Bertz CT molecular complexity index is 660. The predicted molar refractivity (Wildman–Crippen MR) is 67.8 cm³/mol. The lowest BCUT2D eigenvalue weighted by molar-refractivity contribution is -0.137. The number of rotatable bonds is 3. The van der Waals surface area contributed by atoms with E-state index in [0.717, 1.165) is 12.1 Å². The summed E-state index contributed by atoms with van der Waals surface area (Å²) in [6.07, 6.45) is -4.44. The van der Waals surface area contributed by atoms with Crippen molar-refractivity contribution in [2.45, 2.75) is 26.1 Å². The summed E-state index contributed by atoms with van der Waals surface area (Å²) in [5, 5.41) is 16.4. The maximum Gasteiger partial charge on any atom is 0.416 e. The van der Waals surface area contributed by atoms with E-state index in [4.69, 9.17) is 5.11 Å². The number of aromatic nitrogens is 3. The minimum Gasteiger partial charge on any atom is -0.476 e. The topological polar surface area (TPSA) is 68.0 Å². The minimum absolute atomic E-state index is 0.178.